The maximum Gasteiger partial charge on any atom is 0.240 e. The molecule has 0 aromatic heterocycles. The summed E-state index contributed by atoms with van der Waals surface area (Å²) in [4.78, 5) is 12.0. The van der Waals surface area contributed by atoms with Gasteiger partial charge < -0.3 is 11.1 Å². The number of nitrogens with two attached hydrogens (primary N) is 1. The molecule has 21 heavy (non-hydrogen) atoms. The van der Waals surface area contributed by atoms with Crippen molar-refractivity contribution in [3.05, 3.63) is 34.1 Å². The number of hydrogen-bond donors (Lipinski definition) is 2. The van der Waals surface area contributed by atoms with Crippen molar-refractivity contribution in [3.63, 3.8) is 0 Å². The zero-order chi connectivity index (χ0) is 14.6. The van der Waals surface area contributed by atoms with E-state index in [4.69, 9.17) is 5.73 Å². The number of carbonyl (C=O) groups excluding carboxylic acids is 1. The second kappa shape index (κ2) is 8.11. The summed E-state index contributed by atoms with van der Waals surface area (Å²) < 4.78 is 14.3. The van der Waals surface area contributed by atoms with Crippen LogP contribution in [0.4, 0.5) is 4.39 Å². The monoisotopic (exact) mass is 378 g/mol. The Balaban J connectivity index is 0.00000220. The molecule has 1 aromatic rings. The minimum Gasteiger partial charge on any atom is -0.354 e. The van der Waals surface area contributed by atoms with Crippen molar-refractivity contribution < 1.29 is 9.18 Å². The van der Waals surface area contributed by atoms with E-state index in [9.17, 15) is 9.18 Å². The Labute approximate surface area is 139 Å². The quantitative estimate of drug-likeness (QED) is 0.771. The van der Waals surface area contributed by atoms with E-state index in [1.54, 1.807) is 6.07 Å². The summed E-state index contributed by atoms with van der Waals surface area (Å²) >= 11 is 3.23. The Kier molecular flexibility index (Phi) is 7.10. The van der Waals surface area contributed by atoms with E-state index in [0.717, 1.165) is 30.2 Å². The number of aryl methyl sites for hydroxylation is 1. The smallest absolute Gasteiger partial charge is 0.240 e. The van der Waals surface area contributed by atoms with E-state index in [0.29, 0.717) is 24.9 Å². The number of hydrogen-bond acceptors (Lipinski definition) is 2. The van der Waals surface area contributed by atoms with Crippen molar-refractivity contribution >= 4 is 34.2 Å². The van der Waals surface area contributed by atoms with Gasteiger partial charge in [0.2, 0.25) is 5.91 Å². The molecule has 3 N–H and O–H groups in total. The first-order chi connectivity index (χ1) is 9.51. The highest BCUT2D eigenvalue weighted by molar-refractivity contribution is 9.10. The molecule has 1 aliphatic carbocycles. The van der Waals surface area contributed by atoms with Crippen LogP contribution >= 0.6 is 28.3 Å². The molecule has 1 fully saturated rings. The van der Waals surface area contributed by atoms with Crippen LogP contribution in [0.15, 0.2) is 22.7 Å². The van der Waals surface area contributed by atoms with Gasteiger partial charge in [-0.2, -0.15) is 0 Å². The van der Waals surface area contributed by atoms with Gasteiger partial charge in [-0.05, 0) is 43.4 Å². The van der Waals surface area contributed by atoms with Crippen LogP contribution in [0.5, 0.6) is 0 Å². The van der Waals surface area contributed by atoms with Gasteiger partial charge in [-0.3, -0.25) is 4.79 Å². The predicted octanol–water partition coefficient (Wildman–Crippen LogP) is 3.33. The lowest BCUT2D eigenvalue weighted by atomic mass is 9.98. The van der Waals surface area contributed by atoms with Crippen molar-refractivity contribution in [2.45, 2.75) is 44.1 Å². The Morgan fingerprint density at radius 2 is 2.05 bits per heavy atom. The minimum atomic E-state index is -0.678. The zero-order valence-corrected chi connectivity index (χ0v) is 14.2. The molecule has 3 nitrogen and oxygen atoms in total. The average Bonchev–Trinajstić information content (AvgIpc) is 2.85. The molecule has 0 saturated heterocycles. The van der Waals surface area contributed by atoms with Gasteiger partial charge in [0.1, 0.15) is 5.82 Å². The van der Waals surface area contributed by atoms with Crippen molar-refractivity contribution in [1.29, 1.82) is 0 Å². The third-order valence-corrected chi connectivity index (χ3v) is 4.36. The minimum absolute atomic E-state index is 0. The normalized spacial score (nSPS) is 16.3. The Morgan fingerprint density at radius 1 is 1.38 bits per heavy atom. The van der Waals surface area contributed by atoms with Gasteiger partial charge in [-0.15, -0.1) is 12.4 Å². The first-order valence-corrected chi connectivity index (χ1v) is 7.82. The summed E-state index contributed by atoms with van der Waals surface area (Å²) in [5.41, 5.74) is 6.05. The molecule has 118 valence electrons. The number of benzene rings is 1. The van der Waals surface area contributed by atoms with Crippen LogP contribution in [0.3, 0.4) is 0 Å². The van der Waals surface area contributed by atoms with Gasteiger partial charge >= 0.3 is 0 Å². The lowest BCUT2D eigenvalue weighted by molar-refractivity contribution is -0.126. The molecule has 2 rings (SSSR count). The summed E-state index contributed by atoms with van der Waals surface area (Å²) in [6.45, 7) is 0.535. The number of amides is 1. The molecule has 1 aromatic carbocycles. The van der Waals surface area contributed by atoms with Gasteiger partial charge in [0.25, 0.3) is 0 Å². The molecular weight excluding hydrogens is 359 g/mol. The Bertz CT molecular complexity index is 493. The largest absolute Gasteiger partial charge is 0.354 e. The zero-order valence-electron chi connectivity index (χ0n) is 11.8. The van der Waals surface area contributed by atoms with Gasteiger partial charge in [0, 0.05) is 11.0 Å². The molecule has 0 spiro atoms. The summed E-state index contributed by atoms with van der Waals surface area (Å²) in [5.74, 6) is -0.275. The lowest BCUT2D eigenvalue weighted by Crippen LogP contribution is -2.52. The molecule has 0 unspecified atom stereocenters. The van der Waals surface area contributed by atoms with Gasteiger partial charge in [-0.25, -0.2) is 4.39 Å². The van der Waals surface area contributed by atoms with Gasteiger partial charge in [0.15, 0.2) is 0 Å². The number of carbonyl (C=O) groups is 1. The van der Waals surface area contributed by atoms with E-state index in [-0.39, 0.29) is 24.1 Å². The van der Waals surface area contributed by atoms with E-state index < -0.39 is 5.54 Å². The topological polar surface area (TPSA) is 55.1 Å². The van der Waals surface area contributed by atoms with Crippen molar-refractivity contribution in [3.8, 4) is 0 Å². The number of nitrogens with one attached hydrogen (secondary N) is 1. The molecule has 0 atom stereocenters. The number of halogens is 3. The molecule has 0 bridgehead atoms. The van der Waals surface area contributed by atoms with Crippen LogP contribution in [0.1, 0.15) is 37.7 Å². The van der Waals surface area contributed by atoms with Crippen LogP contribution in [0.25, 0.3) is 0 Å². The van der Waals surface area contributed by atoms with Gasteiger partial charge in [0.05, 0.1) is 5.54 Å². The van der Waals surface area contributed by atoms with Crippen LogP contribution < -0.4 is 11.1 Å². The Hall–Kier alpha value is -0.650. The fourth-order valence-corrected chi connectivity index (χ4v) is 2.95. The van der Waals surface area contributed by atoms with Gasteiger partial charge in [-0.1, -0.05) is 34.8 Å². The van der Waals surface area contributed by atoms with Crippen molar-refractivity contribution in [1.82, 2.24) is 5.32 Å². The highest BCUT2D eigenvalue weighted by Crippen LogP contribution is 2.27. The van der Waals surface area contributed by atoms with Crippen LogP contribution in [0, 0.1) is 5.82 Å². The first kappa shape index (κ1) is 18.4. The molecule has 1 aliphatic rings. The maximum absolute atomic E-state index is 13.6. The van der Waals surface area contributed by atoms with E-state index in [1.807, 2.05) is 6.07 Å². The first-order valence-electron chi connectivity index (χ1n) is 7.02. The lowest BCUT2D eigenvalue weighted by Gasteiger charge is -2.22. The third-order valence-electron chi connectivity index (χ3n) is 3.87. The molecule has 0 aliphatic heterocycles. The van der Waals surface area contributed by atoms with Crippen LogP contribution in [0.2, 0.25) is 0 Å². The fraction of sp³-hybridized carbons (Fsp3) is 0.533. The van der Waals surface area contributed by atoms with Crippen molar-refractivity contribution in [2.75, 3.05) is 6.54 Å². The standard InChI is InChI=1S/C15H20BrFN2O.ClH/c16-12-6-5-11(13(17)10-12)4-3-9-19-14(20)15(18)7-1-2-8-15;/h5-6,10H,1-4,7-9,18H2,(H,19,20);1H. The highest BCUT2D eigenvalue weighted by atomic mass is 79.9. The SMILES string of the molecule is Cl.NC1(C(=O)NCCCc2ccc(Br)cc2F)CCCC1. The van der Waals surface area contributed by atoms with Crippen LogP contribution in [-0.2, 0) is 11.2 Å². The maximum atomic E-state index is 13.6. The van der Waals surface area contributed by atoms with Crippen LogP contribution in [-0.4, -0.2) is 18.0 Å². The molecule has 0 heterocycles. The highest BCUT2D eigenvalue weighted by Gasteiger charge is 2.36. The predicted molar refractivity (Wildman–Crippen MR) is 88.1 cm³/mol. The summed E-state index contributed by atoms with van der Waals surface area (Å²) in [6, 6.07) is 5.05. The molecule has 1 saturated carbocycles. The average molecular weight is 380 g/mol. The third kappa shape index (κ3) is 4.94. The second-order valence-electron chi connectivity index (χ2n) is 5.46. The second-order valence-corrected chi connectivity index (χ2v) is 6.37. The Morgan fingerprint density at radius 3 is 2.67 bits per heavy atom. The molecular formula is C15H21BrClFN2O. The molecule has 0 radical (unpaired) electrons. The summed E-state index contributed by atoms with van der Waals surface area (Å²) in [6.07, 6.45) is 4.89. The van der Waals surface area contributed by atoms with E-state index >= 15 is 0 Å². The summed E-state index contributed by atoms with van der Waals surface area (Å²) in [5, 5.41) is 2.87. The molecule has 6 heteroatoms. The molecule has 1 amide bonds. The van der Waals surface area contributed by atoms with E-state index in [2.05, 4.69) is 21.2 Å². The number of rotatable bonds is 5. The fourth-order valence-electron chi connectivity index (χ4n) is 2.61. The van der Waals surface area contributed by atoms with E-state index in [1.165, 1.54) is 6.07 Å². The van der Waals surface area contributed by atoms with Crippen molar-refractivity contribution in [2.24, 2.45) is 5.73 Å². The summed E-state index contributed by atoms with van der Waals surface area (Å²) in [7, 11) is 0.